The molecule has 1 aliphatic rings. The fraction of sp³-hybridized carbons (Fsp3) is 0.308. The largest absolute Gasteiger partial charge is 0.506 e. The second kappa shape index (κ2) is 10.7. The van der Waals surface area contributed by atoms with E-state index in [1.165, 1.54) is 11.1 Å². The third kappa shape index (κ3) is 5.56. The molecular formula is C26H28Cl2N2O3. The standard InChI is InChI=1S/C26H28Cl2N2O3/c1-32-21-8-4-18(5-9-21)16-29-12-3-13-30(17-19-6-10-22(33-2)11-7-19)26(29)23-14-20(27)15-24(28)25(23)31/h4-11,14-15,26,31H,3,12-13,16-17H2,1-2H3. The zero-order valence-corrected chi connectivity index (χ0v) is 20.3. The van der Waals surface area contributed by atoms with E-state index in [9.17, 15) is 5.11 Å². The van der Waals surface area contributed by atoms with Crippen molar-refractivity contribution in [2.45, 2.75) is 25.7 Å². The van der Waals surface area contributed by atoms with Gasteiger partial charge in [0.05, 0.1) is 25.4 Å². The third-order valence-corrected chi connectivity index (χ3v) is 6.51. The molecule has 0 aromatic heterocycles. The highest BCUT2D eigenvalue weighted by molar-refractivity contribution is 6.35. The van der Waals surface area contributed by atoms with Crippen LogP contribution in [0.25, 0.3) is 0 Å². The first-order valence-corrected chi connectivity index (χ1v) is 11.7. The van der Waals surface area contributed by atoms with Crippen molar-refractivity contribution in [1.29, 1.82) is 0 Å². The molecule has 3 aromatic carbocycles. The van der Waals surface area contributed by atoms with Crippen LogP contribution in [0.1, 0.15) is 29.3 Å². The first-order valence-electron chi connectivity index (χ1n) is 10.9. The molecule has 0 aliphatic carbocycles. The number of rotatable bonds is 7. The lowest BCUT2D eigenvalue weighted by Gasteiger charge is -2.44. The van der Waals surface area contributed by atoms with Crippen LogP contribution in [0.2, 0.25) is 10.0 Å². The number of hydrogen-bond donors (Lipinski definition) is 1. The van der Waals surface area contributed by atoms with E-state index >= 15 is 0 Å². The van der Waals surface area contributed by atoms with Gasteiger partial charge in [0.1, 0.15) is 17.2 Å². The lowest BCUT2D eigenvalue weighted by Crippen LogP contribution is -2.46. The van der Waals surface area contributed by atoms with Gasteiger partial charge < -0.3 is 14.6 Å². The van der Waals surface area contributed by atoms with Gasteiger partial charge in [0.25, 0.3) is 0 Å². The van der Waals surface area contributed by atoms with Crippen molar-refractivity contribution < 1.29 is 14.6 Å². The van der Waals surface area contributed by atoms with E-state index in [0.717, 1.165) is 44.1 Å². The summed E-state index contributed by atoms with van der Waals surface area (Å²) >= 11 is 12.7. The third-order valence-electron chi connectivity index (χ3n) is 6.01. The molecule has 0 atom stereocenters. The van der Waals surface area contributed by atoms with Crippen molar-refractivity contribution in [2.24, 2.45) is 0 Å². The first kappa shape index (κ1) is 23.7. The zero-order valence-electron chi connectivity index (χ0n) is 18.8. The molecule has 0 saturated carbocycles. The minimum Gasteiger partial charge on any atom is -0.506 e. The van der Waals surface area contributed by atoms with Crippen LogP contribution in [0, 0.1) is 0 Å². The Morgan fingerprint density at radius 2 is 1.30 bits per heavy atom. The Morgan fingerprint density at radius 1 is 0.818 bits per heavy atom. The number of nitrogens with zero attached hydrogens (tertiary/aromatic N) is 2. The summed E-state index contributed by atoms with van der Waals surface area (Å²) in [6.07, 6.45) is 0.830. The minimum absolute atomic E-state index is 0.0763. The summed E-state index contributed by atoms with van der Waals surface area (Å²) in [5.41, 5.74) is 3.05. The number of methoxy groups -OCH3 is 2. The van der Waals surface area contributed by atoms with E-state index in [0.29, 0.717) is 10.6 Å². The normalized spacial score (nSPS) is 15.5. The molecule has 4 rings (SSSR count). The maximum Gasteiger partial charge on any atom is 0.140 e. The molecule has 1 N–H and O–H groups in total. The van der Waals surface area contributed by atoms with Crippen molar-refractivity contribution in [3.05, 3.63) is 87.4 Å². The molecular weight excluding hydrogens is 459 g/mol. The van der Waals surface area contributed by atoms with E-state index in [-0.39, 0.29) is 16.9 Å². The molecule has 174 valence electrons. The van der Waals surface area contributed by atoms with E-state index < -0.39 is 0 Å². The van der Waals surface area contributed by atoms with Gasteiger partial charge in [0.2, 0.25) is 0 Å². The minimum atomic E-state index is -0.181. The molecule has 0 amide bonds. The van der Waals surface area contributed by atoms with Crippen LogP contribution in [0.5, 0.6) is 17.2 Å². The van der Waals surface area contributed by atoms with Gasteiger partial charge in [-0.3, -0.25) is 9.80 Å². The number of phenolic OH excluding ortho intramolecular Hbond substituents is 1. The fourth-order valence-corrected chi connectivity index (χ4v) is 4.90. The Labute approximate surface area is 205 Å². The van der Waals surface area contributed by atoms with Gasteiger partial charge >= 0.3 is 0 Å². The summed E-state index contributed by atoms with van der Waals surface area (Å²) in [6, 6.07) is 19.6. The van der Waals surface area contributed by atoms with Crippen molar-refractivity contribution >= 4 is 23.2 Å². The van der Waals surface area contributed by atoms with Crippen LogP contribution in [0.4, 0.5) is 0 Å². The van der Waals surface area contributed by atoms with E-state index in [2.05, 4.69) is 34.1 Å². The molecule has 33 heavy (non-hydrogen) atoms. The van der Waals surface area contributed by atoms with Gasteiger partial charge in [-0.25, -0.2) is 0 Å². The summed E-state index contributed by atoms with van der Waals surface area (Å²) in [6.45, 7) is 3.22. The zero-order chi connectivity index (χ0) is 23.4. The highest BCUT2D eigenvalue weighted by Gasteiger charge is 2.33. The number of halogens is 2. The fourth-order valence-electron chi connectivity index (χ4n) is 4.39. The Bertz CT molecular complexity index is 1020. The SMILES string of the molecule is COc1ccc(CN2CCCN(Cc3ccc(OC)cc3)C2c2cc(Cl)cc(Cl)c2O)cc1. The smallest absolute Gasteiger partial charge is 0.140 e. The number of benzene rings is 3. The monoisotopic (exact) mass is 486 g/mol. The average molecular weight is 487 g/mol. The van der Waals surface area contributed by atoms with Crippen LogP contribution in [-0.2, 0) is 13.1 Å². The quantitative estimate of drug-likeness (QED) is 0.435. The second-order valence-electron chi connectivity index (χ2n) is 8.19. The Hall–Kier alpha value is -2.44. The van der Waals surface area contributed by atoms with Crippen LogP contribution in [0.15, 0.2) is 60.7 Å². The molecule has 1 saturated heterocycles. The van der Waals surface area contributed by atoms with Gasteiger partial charge in [0.15, 0.2) is 0 Å². The number of hydrogen-bond acceptors (Lipinski definition) is 5. The Balaban J connectivity index is 1.68. The molecule has 7 heteroatoms. The van der Waals surface area contributed by atoms with Gasteiger partial charge in [-0.2, -0.15) is 0 Å². The predicted molar refractivity (Wildman–Crippen MR) is 132 cm³/mol. The molecule has 1 aliphatic heterocycles. The van der Waals surface area contributed by atoms with Gasteiger partial charge in [-0.05, 0) is 53.9 Å². The number of ether oxygens (including phenoxy) is 2. The van der Waals surface area contributed by atoms with Crippen LogP contribution < -0.4 is 9.47 Å². The summed E-state index contributed by atoms with van der Waals surface area (Å²) in [4.78, 5) is 4.72. The Morgan fingerprint density at radius 3 is 1.76 bits per heavy atom. The van der Waals surface area contributed by atoms with Crippen LogP contribution in [-0.4, -0.2) is 42.2 Å². The molecule has 0 spiro atoms. The Kier molecular flexibility index (Phi) is 7.66. The van der Waals surface area contributed by atoms with Crippen molar-refractivity contribution in [2.75, 3.05) is 27.3 Å². The summed E-state index contributed by atoms with van der Waals surface area (Å²) < 4.78 is 10.6. The predicted octanol–water partition coefficient (Wildman–Crippen LogP) is 6.12. The summed E-state index contributed by atoms with van der Waals surface area (Å²) in [5.74, 6) is 1.73. The van der Waals surface area contributed by atoms with Gasteiger partial charge in [-0.1, -0.05) is 47.5 Å². The number of aromatic hydroxyl groups is 1. The van der Waals surface area contributed by atoms with Crippen molar-refractivity contribution in [1.82, 2.24) is 9.80 Å². The molecule has 1 heterocycles. The maximum absolute atomic E-state index is 10.9. The molecule has 1 fully saturated rings. The van der Waals surface area contributed by atoms with Crippen LogP contribution in [0.3, 0.4) is 0 Å². The lowest BCUT2D eigenvalue weighted by molar-refractivity contribution is -0.0103. The van der Waals surface area contributed by atoms with Crippen molar-refractivity contribution in [3.63, 3.8) is 0 Å². The van der Waals surface area contributed by atoms with Gasteiger partial charge in [0, 0.05) is 36.8 Å². The summed E-state index contributed by atoms with van der Waals surface area (Å²) in [5, 5.41) is 11.7. The molecule has 3 aromatic rings. The van der Waals surface area contributed by atoms with Crippen molar-refractivity contribution in [3.8, 4) is 17.2 Å². The second-order valence-corrected chi connectivity index (χ2v) is 9.03. The lowest BCUT2D eigenvalue weighted by atomic mass is 10.0. The molecule has 5 nitrogen and oxygen atoms in total. The average Bonchev–Trinajstić information content (AvgIpc) is 2.83. The van der Waals surface area contributed by atoms with E-state index in [4.69, 9.17) is 32.7 Å². The number of phenols is 1. The first-order chi connectivity index (χ1) is 16.0. The van der Waals surface area contributed by atoms with Gasteiger partial charge in [-0.15, -0.1) is 0 Å². The molecule has 0 radical (unpaired) electrons. The molecule has 0 unspecified atom stereocenters. The topological polar surface area (TPSA) is 45.2 Å². The van der Waals surface area contributed by atoms with E-state index in [1.54, 1.807) is 20.3 Å². The van der Waals surface area contributed by atoms with Crippen LogP contribution >= 0.6 is 23.2 Å². The van der Waals surface area contributed by atoms with E-state index in [1.807, 2.05) is 30.3 Å². The molecule has 0 bridgehead atoms. The highest BCUT2D eigenvalue weighted by Crippen LogP contribution is 2.41. The highest BCUT2D eigenvalue weighted by atomic mass is 35.5. The maximum atomic E-state index is 10.9. The summed E-state index contributed by atoms with van der Waals surface area (Å²) in [7, 11) is 3.33.